The second-order valence-corrected chi connectivity index (χ2v) is 8.12. The van der Waals surface area contributed by atoms with Crippen molar-refractivity contribution < 1.29 is 9.59 Å². The lowest BCUT2D eigenvalue weighted by atomic mass is 9.96. The largest absolute Gasteiger partial charge is 0.348 e. The van der Waals surface area contributed by atoms with Gasteiger partial charge in [-0.05, 0) is 36.6 Å². The number of carbonyl (C=O) groups is 2. The fraction of sp³-hybridized carbons (Fsp3) is 0.684. The van der Waals surface area contributed by atoms with Gasteiger partial charge >= 0.3 is 6.03 Å². The average molecular weight is 366 g/mol. The molecular formula is C19H31N3O2S. The standard InChI is InChI=1S/C19H31N3O2S/c1-14(2)18(16-10-7-13-25-16)22-17(23)11-6-12-20-19(24)21-15-8-4-3-5-9-15/h7,10,13-15,18H,3-6,8-9,11-12H2,1-2H3,(H,22,23)(H2,20,21,24)/t18-/m1/s1. The molecule has 0 bridgehead atoms. The molecule has 1 heterocycles. The lowest BCUT2D eigenvalue weighted by Crippen LogP contribution is -2.43. The van der Waals surface area contributed by atoms with Crippen molar-refractivity contribution in [2.24, 2.45) is 5.92 Å². The van der Waals surface area contributed by atoms with Gasteiger partial charge in [0, 0.05) is 23.9 Å². The van der Waals surface area contributed by atoms with E-state index in [0.717, 1.165) is 12.8 Å². The van der Waals surface area contributed by atoms with Gasteiger partial charge in [-0.3, -0.25) is 4.79 Å². The zero-order valence-electron chi connectivity index (χ0n) is 15.3. The van der Waals surface area contributed by atoms with Crippen LogP contribution < -0.4 is 16.0 Å². The number of thiophene rings is 1. The van der Waals surface area contributed by atoms with Gasteiger partial charge in [0.15, 0.2) is 0 Å². The Labute approximate surface area is 155 Å². The van der Waals surface area contributed by atoms with Crippen molar-refractivity contribution in [3.63, 3.8) is 0 Å². The molecule has 0 aliphatic heterocycles. The molecule has 5 nitrogen and oxygen atoms in total. The van der Waals surface area contributed by atoms with E-state index in [2.05, 4.69) is 35.9 Å². The van der Waals surface area contributed by atoms with Crippen LogP contribution in [-0.2, 0) is 4.79 Å². The molecule has 1 saturated carbocycles. The summed E-state index contributed by atoms with van der Waals surface area (Å²) in [5, 5.41) is 11.0. The van der Waals surface area contributed by atoms with Crippen LogP contribution >= 0.6 is 11.3 Å². The predicted molar refractivity (Wildman–Crippen MR) is 103 cm³/mol. The first kappa shape index (κ1) is 19.8. The first-order valence-electron chi connectivity index (χ1n) is 9.43. The summed E-state index contributed by atoms with van der Waals surface area (Å²) in [6.45, 7) is 4.75. The van der Waals surface area contributed by atoms with Crippen LogP contribution in [0.25, 0.3) is 0 Å². The van der Waals surface area contributed by atoms with E-state index in [0.29, 0.717) is 31.3 Å². The third kappa shape index (κ3) is 7.06. The van der Waals surface area contributed by atoms with Crippen molar-refractivity contribution in [1.82, 2.24) is 16.0 Å². The molecule has 140 valence electrons. The van der Waals surface area contributed by atoms with E-state index in [4.69, 9.17) is 0 Å². The predicted octanol–water partition coefficient (Wildman–Crippen LogP) is 3.97. The normalized spacial score (nSPS) is 16.4. The Bertz CT molecular complexity index is 525. The molecule has 0 unspecified atom stereocenters. The van der Waals surface area contributed by atoms with Crippen LogP contribution in [0.2, 0.25) is 0 Å². The monoisotopic (exact) mass is 365 g/mol. The second-order valence-electron chi connectivity index (χ2n) is 7.14. The van der Waals surface area contributed by atoms with E-state index in [1.165, 1.54) is 24.1 Å². The van der Waals surface area contributed by atoms with Gasteiger partial charge in [-0.1, -0.05) is 39.2 Å². The quantitative estimate of drug-likeness (QED) is 0.610. The summed E-state index contributed by atoms with van der Waals surface area (Å²) < 4.78 is 0. The van der Waals surface area contributed by atoms with Crippen molar-refractivity contribution in [2.75, 3.05) is 6.54 Å². The smallest absolute Gasteiger partial charge is 0.315 e. The molecule has 1 atom stereocenters. The van der Waals surface area contributed by atoms with E-state index in [1.807, 2.05) is 11.4 Å². The molecule has 3 amide bonds. The van der Waals surface area contributed by atoms with Gasteiger partial charge in [-0.15, -0.1) is 11.3 Å². The summed E-state index contributed by atoms with van der Waals surface area (Å²) in [7, 11) is 0. The molecule has 25 heavy (non-hydrogen) atoms. The Morgan fingerprint density at radius 2 is 2.00 bits per heavy atom. The summed E-state index contributed by atoms with van der Waals surface area (Å²) in [4.78, 5) is 25.2. The highest BCUT2D eigenvalue weighted by atomic mass is 32.1. The van der Waals surface area contributed by atoms with Crippen molar-refractivity contribution >= 4 is 23.3 Å². The van der Waals surface area contributed by atoms with Gasteiger partial charge in [0.1, 0.15) is 0 Å². The maximum absolute atomic E-state index is 12.2. The second kappa shape index (κ2) is 10.4. The number of hydrogen-bond donors (Lipinski definition) is 3. The minimum absolute atomic E-state index is 0.0431. The van der Waals surface area contributed by atoms with Crippen LogP contribution in [-0.4, -0.2) is 24.5 Å². The third-order valence-electron chi connectivity index (χ3n) is 4.64. The fourth-order valence-electron chi connectivity index (χ4n) is 3.21. The molecule has 1 fully saturated rings. The maximum atomic E-state index is 12.2. The first-order chi connectivity index (χ1) is 12.1. The average Bonchev–Trinajstić information content (AvgIpc) is 3.11. The molecule has 2 rings (SSSR count). The first-order valence-corrected chi connectivity index (χ1v) is 10.3. The molecule has 1 aromatic heterocycles. The Hall–Kier alpha value is -1.56. The van der Waals surface area contributed by atoms with Crippen molar-refractivity contribution in [2.45, 2.75) is 70.9 Å². The van der Waals surface area contributed by atoms with Crippen LogP contribution in [0, 0.1) is 5.92 Å². The molecule has 1 aliphatic rings. The highest BCUT2D eigenvalue weighted by Gasteiger charge is 2.19. The summed E-state index contributed by atoms with van der Waals surface area (Å²) in [5.41, 5.74) is 0. The molecule has 0 spiro atoms. The van der Waals surface area contributed by atoms with Crippen molar-refractivity contribution in [3.8, 4) is 0 Å². The highest BCUT2D eigenvalue weighted by molar-refractivity contribution is 7.10. The van der Waals surface area contributed by atoms with Crippen LogP contribution in [0.1, 0.15) is 69.7 Å². The zero-order chi connectivity index (χ0) is 18.1. The number of carbonyl (C=O) groups excluding carboxylic acids is 2. The fourth-order valence-corrected chi connectivity index (χ4v) is 4.16. The minimum atomic E-state index is -0.106. The van der Waals surface area contributed by atoms with Crippen LogP contribution in [0.15, 0.2) is 17.5 Å². The SMILES string of the molecule is CC(C)[C@@H](NC(=O)CCCNC(=O)NC1CCCCC1)c1cccs1. The van der Waals surface area contributed by atoms with Crippen molar-refractivity contribution in [3.05, 3.63) is 22.4 Å². The molecular weight excluding hydrogens is 334 g/mol. The number of hydrogen-bond acceptors (Lipinski definition) is 3. The Morgan fingerprint density at radius 1 is 1.24 bits per heavy atom. The van der Waals surface area contributed by atoms with E-state index in [1.54, 1.807) is 11.3 Å². The maximum Gasteiger partial charge on any atom is 0.315 e. The van der Waals surface area contributed by atoms with Crippen LogP contribution in [0.5, 0.6) is 0 Å². The van der Waals surface area contributed by atoms with Crippen LogP contribution in [0.3, 0.4) is 0 Å². The van der Waals surface area contributed by atoms with Gasteiger partial charge in [-0.2, -0.15) is 0 Å². The summed E-state index contributed by atoms with van der Waals surface area (Å²) >= 11 is 1.67. The Balaban J connectivity index is 1.62. The van der Waals surface area contributed by atoms with Crippen molar-refractivity contribution in [1.29, 1.82) is 0 Å². The van der Waals surface area contributed by atoms with Gasteiger partial charge in [0.05, 0.1) is 6.04 Å². The molecule has 1 aromatic rings. The third-order valence-corrected chi connectivity index (χ3v) is 5.59. The molecule has 0 saturated heterocycles. The lowest BCUT2D eigenvalue weighted by molar-refractivity contribution is -0.122. The van der Waals surface area contributed by atoms with E-state index >= 15 is 0 Å². The number of rotatable bonds is 8. The van der Waals surface area contributed by atoms with Gasteiger partial charge < -0.3 is 16.0 Å². The summed E-state index contributed by atoms with van der Waals surface area (Å²) in [5.74, 6) is 0.392. The summed E-state index contributed by atoms with van der Waals surface area (Å²) in [6.07, 6.45) is 6.91. The molecule has 0 aromatic carbocycles. The molecule has 6 heteroatoms. The Morgan fingerprint density at radius 3 is 2.64 bits per heavy atom. The summed E-state index contributed by atoms with van der Waals surface area (Å²) in [6, 6.07) is 4.35. The Kier molecular flexibility index (Phi) is 8.25. The molecule has 0 radical (unpaired) electrons. The zero-order valence-corrected chi connectivity index (χ0v) is 16.2. The number of urea groups is 1. The molecule has 1 aliphatic carbocycles. The van der Waals surface area contributed by atoms with E-state index in [9.17, 15) is 9.59 Å². The highest BCUT2D eigenvalue weighted by Crippen LogP contribution is 2.25. The van der Waals surface area contributed by atoms with Gasteiger partial charge in [-0.25, -0.2) is 4.79 Å². The van der Waals surface area contributed by atoms with E-state index < -0.39 is 0 Å². The minimum Gasteiger partial charge on any atom is -0.348 e. The number of nitrogens with one attached hydrogen (secondary N) is 3. The topological polar surface area (TPSA) is 70.2 Å². The number of amides is 3. The molecule has 3 N–H and O–H groups in total. The van der Waals surface area contributed by atoms with Crippen LogP contribution in [0.4, 0.5) is 4.79 Å². The van der Waals surface area contributed by atoms with Gasteiger partial charge in [0.25, 0.3) is 0 Å². The van der Waals surface area contributed by atoms with E-state index in [-0.39, 0.29) is 18.0 Å². The lowest BCUT2D eigenvalue weighted by Gasteiger charge is -2.23. The van der Waals surface area contributed by atoms with Gasteiger partial charge in [0.2, 0.25) is 5.91 Å².